The lowest BCUT2D eigenvalue weighted by atomic mass is 10.0. The van der Waals surface area contributed by atoms with Gasteiger partial charge in [-0.15, -0.1) is 0 Å². The second-order valence-corrected chi connectivity index (χ2v) is 7.82. The van der Waals surface area contributed by atoms with Crippen LogP contribution in [0.5, 0.6) is 11.5 Å². The van der Waals surface area contributed by atoms with Crippen molar-refractivity contribution in [1.29, 1.82) is 0 Å². The van der Waals surface area contributed by atoms with Crippen LogP contribution in [0.4, 0.5) is 21.8 Å². The van der Waals surface area contributed by atoms with E-state index in [1.54, 1.807) is 24.4 Å². The number of pyridine rings is 1. The Balaban J connectivity index is 1.59. The number of anilines is 3. The van der Waals surface area contributed by atoms with E-state index in [0.29, 0.717) is 28.8 Å². The fourth-order valence-corrected chi connectivity index (χ4v) is 3.41. The summed E-state index contributed by atoms with van der Waals surface area (Å²) < 4.78 is 21.9. The number of benzene rings is 2. The lowest BCUT2D eigenvalue weighted by molar-refractivity contribution is -0.114. The average Bonchev–Trinajstić information content (AvgIpc) is 3.03. The first-order valence-electron chi connectivity index (χ1n) is 10.2. The quantitative estimate of drug-likeness (QED) is 0.406. The molecule has 0 bridgehead atoms. The summed E-state index contributed by atoms with van der Waals surface area (Å²) in [4.78, 5) is 20.0. The Morgan fingerprint density at radius 1 is 1.09 bits per heavy atom. The Morgan fingerprint density at radius 3 is 2.62 bits per heavy atom. The van der Waals surface area contributed by atoms with Crippen LogP contribution in [0.1, 0.15) is 32.3 Å². The van der Waals surface area contributed by atoms with Gasteiger partial charge in [-0.25, -0.2) is 14.4 Å². The lowest BCUT2D eigenvalue weighted by Gasteiger charge is -2.11. The maximum atomic E-state index is 14.0. The van der Waals surface area contributed by atoms with Crippen molar-refractivity contribution in [2.75, 3.05) is 10.6 Å². The summed E-state index contributed by atoms with van der Waals surface area (Å²) in [5.41, 5.74) is 3.09. The number of hydrogen-bond acceptors (Lipinski definition) is 5. The number of rotatable bonds is 6. The Labute approximate surface area is 185 Å². The van der Waals surface area contributed by atoms with E-state index in [-0.39, 0.29) is 17.6 Å². The summed E-state index contributed by atoms with van der Waals surface area (Å²) in [5, 5.41) is 5.91. The lowest BCUT2D eigenvalue weighted by Crippen LogP contribution is -2.07. The minimum absolute atomic E-state index is 0.0799. The summed E-state index contributed by atoms with van der Waals surface area (Å²) in [6.45, 7) is 5.34. The Kier molecular flexibility index (Phi) is 5.77. The number of carbonyl (C=O) groups excluding carboxylic acids is 1. The van der Waals surface area contributed by atoms with Crippen molar-refractivity contribution in [1.82, 2.24) is 14.5 Å². The maximum absolute atomic E-state index is 14.0. The summed E-state index contributed by atoms with van der Waals surface area (Å²) in [5.74, 6) is 1.87. The SMILES string of the molecule is CC(=O)Nc1cc(Oc2ccc3c(c2)nc(Nc2ccc(F)c(C(C)C)c2)n3C)ccn1. The highest BCUT2D eigenvalue weighted by Crippen LogP contribution is 2.29. The second-order valence-electron chi connectivity index (χ2n) is 7.82. The summed E-state index contributed by atoms with van der Waals surface area (Å²) in [6.07, 6.45) is 1.57. The smallest absolute Gasteiger partial charge is 0.222 e. The molecule has 0 aliphatic heterocycles. The molecule has 0 fully saturated rings. The molecule has 0 saturated carbocycles. The molecule has 2 N–H and O–H groups in total. The molecule has 0 atom stereocenters. The Morgan fingerprint density at radius 2 is 1.88 bits per heavy atom. The third-order valence-corrected chi connectivity index (χ3v) is 5.00. The summed E-state index contributed by atoms with van der Waals surface area (Å²) >= 11 is 0. The van der Waals surface area contributed by atoms with Gasteiger partial charge in [0.15, 0.2) is 0 Å². The number of amides is 1. The van der Waals surface area contributed by atoms with Crippen LogP contribution in [-0.4, -0.2) is 20.4 Å². The molecule has 0 aliphatic carbocycles. The highest BCUT2D eigenvalue weighted by Gasteiger charge is 2.12. The predicted octanol–water partition coefficient (Wildman–Crippen LogP) is 5.73. The van der Waals surface area contributed by atoms with E-state index in [1.165, 1.54) is 13.0 Å². The molecular weight excluding hydrogens is 409 g/mol. The standard InChI is InChI=1S/C24H24FN5O2/c1-14(2)19-11-16(5-7-20(19)25)28-24-29-21-12-17(6-8-22(21)30(24)4)32-18-9-10-26-23(13-18)27-15(3)31/h5-14H,1-4H3,(H,28,29)(H,26,27,31). The van der Waals surface area contributed by atoms with Crippen molar-refractivity contribution in [3.8, 4) is 11.5 Å². The van der Waals surface area contributed by atoms with E-state index in [4.69, 9.17) is 4.74 Å². The van der Waals surface area contributed by atoms with Gasteiger partial charge in [0.05, 0.1) is 11.0 Å². The molecule has 2 aromatic carbocycles. The first-order valence-corrected chi connectivity index (χ1v) is 10.2. The van der Waals surface area contributed by atoms with Gasteiger partial charge >= 0.3 is 0 Å². The largest absolute Gasteiger partial charge is 0.457 e. The van der Waals surface area contributed by atoms with Gasteiger partial charge in [-0.05, 0) is 47.9 Å². The number of fused-ring (bicyclic) bond motifs is 1. The molecule has 8 heteroatoms. The van der Waals surface area contributed by atoms with Crippen LogP contribution < -0.4 is 15.4 Å². The number of imidazole rings is 1. The van der Waals surface area contributed by atoms with Gasteiger partial charge in [0.2, 0.25) is 11.9 Å². The van der Waals surface area contributed by atoms with Crippen molar-refractivity contribution in [2.45, 2.75) is 26.7 Å². The number of ether oxygens (including phenoxy) is 1. The molecule has 164 valence electrons. The molecule has 4 rings (SSSR count). The highest BCUT2D eigenvalue weighted by atomic mass is 19.1. The highest BCUT2D eigenvalue weighted by molar-refractivity contribution is 5.87. The number of halogens is 1. The molecule has 0 radical (unpaired) electrons. The van der Waals surface area contributed by atoms with Gasteiger partial charge in [0.25, 0.3) is 0 Å². The van der Waals surface area contributed by atoms with E-state index >= 15 is 0 Å². The van der Waals surface area contributed by atoms with Gasteiger partial charge in [0, 0.05) is 38.0 Å². The van der Waals surface area contributed by atoms with Crippen LogP contribution in [0.15, 0.2) is 54.7 Å². The third-order valence-electron chi connectivity index (χ3n) is 5.00. The number of carbonyl (C=O) groups is 1. The Bertz CT molecular complexity index is 1300. The van der Waals surface area contributed by atoms with E-state index < -0.39 is 0 Å². The molecule has 0 aliphatic rings. The molecule has 32 heavy (non-hydrogen) atoms. The van der Waals surface area contributed by atoms with Crippen LogP contribution >= 0.6 is 0 Å². The van der Waals surface area contributed by atoms with Gasteiger partial charge in [-0.2, -0.15) is 0 Å². The van der Waals surface area contributed by atoms with Crippen molar-refractivity contribution in [3.05, 3.63) is 66.1 Å². The molecule has 1 amide bonds. The fourth-order valence-electron chi connectivity index (χ4n) is 3.41. The van der Waals surface area contributed by atoms with Crippen LogP contribution in [0, 0.1) is 5.82 Å². The Hall–Kier alpha value is -3.94. The maximum Gasteiger partial charge on any atom is 0.222 e. The van der Waals surface area contributed by atoms with Crippen molar-refractivity contribution < 1.29 is 13.9 Å². The molecule has 0 saturated heterocycles. The van der Waals surface area contributed by atoms with E-state index in [2.05, 4.69) is 20.6 Å². The molecule has 0 spiro atoms. The monoisotopic (exact) mass is 433 g/mol. The first kappa shape index (κ1) is 21.3. The van der Waals surface area contributed by atoms with Crippen LogP contribution in [0.3, 0.4) is 0 Å². The van der Waals surface area contributed by atoms with Crippen LogP contribution in [0.25, 0.3) is 11.0 Å². The van der Waals surface area contributed by atoms with Gasteiger partial charge in [-0.3, -0.25) is 4.79 Å². The van der Waals surface area contributed by atoms with Crippen molar-refractivity contribution in [2.24, 2.45) is 7.05 Å². The molecule has 4 aromatic rings. The molecular formula is C24H24FN5O2. The van der Waals surface area contributed by atoms with Crippen LogP contribution in [0.2, 0.25) is 0 Å². The summed E-state index contributed by atoms with van der Waals surface area (Å²) in [7, 11) is 1.91. The number of hydrogen-bond donors (Lipinski definition) is 2. The van der Waals surface area contributed by atoms with Crippen LogP contribution in [-0.2, 0) is 11.8 Å². The topological polar surface area (TPSA) is 81.1 Å². The fraction of sp³-hybridized carbons (Fsp3) is 0.208. The van der Waals surface area contributed by atoms with E-state index in [1.807, 2.05) is 49.7 Å². The number of nitrogens with zero attached hydrogens (tertiary/aromatic N) is 3. The third kappa shape index (κ3) is 4.54. The molecule has 2 aromatic heterocycles. The summed E-state index contributed by atoms with van der Waals surface area (Å²) in [6, 6.07) is 13.9. The normalized spacial score (nSPS) is 11.1. The first-order chi connectivity index (χ1) is 15.3. The second kappa shape index (κ2) is 8.66. The molecule has 0 unspecified atom stereocenters. The molecule has 2 heterocycles. The van der Waals surface area contributed by atoms with Gasteiger partial charge in [-0.1, -0.05) is 13.8 Å². The van der Waals surface area contributed by atoms with Crippen molar-refractivity contribution >= 4 is 34.4 Å². The van der Waals surface area contributed by atoms with Crippen molar-refractivity contribution in [3.63, 3.8) is 0 Å². The van der Waals surface area contributed by atoms with Gasteiger partial charge < -0.3 is 19.9 Å². The zero-order valence-electron chi connectivity index (χ0n) is 18.3. The van der Waals surface area contributed by atoms with E-state index in [0.717, 1.165) is 16.7 Å². The molecule has 7 nitrogen and oxygen atoms in total. The minimum atomic E-state index is -0.213. The minimum Gasteiger partial charge on any atom is -0.457 e. The number of aryl methyl sites for hydroxylation is 1. The number of aromatic nitrogens is 3. The average molecular weight is 433 g/mol. The zero-order valence-corrected chi connectivity index (χ0v) is 18.3. The predicted molar refractivity (Wildman–Crippen MR) is 123 cm³/mol. The zero-order chi connectivity index (χ0) is 22.8. The van der Waals surface area contributed by atoms with E-state index in [9.17, 15) is 9.18 Å². The number of nitrogens with one attached hydrogen (secondary N) is 2. The van der Waals surface area contributed by atoms with Gasteiger partial charge in [0.1, 0.15) is 23.1 Å².